The van der Waals surface area contributed by atoms with Gasteiger partial charge in [0, 0.05) is 18.5 Å². The number of amides is 1. The minimum atomic E-state index is -0.0239. The van der Waals surface area contributed by atoms with Crippen molar-refractivity contribution >= 4 is 22.7 Å². The van der Waals surface area contributed by atoms with Gasteiger partial charge in [0.25, 0.3) is 0 Å². The Morgan fingerprint density at radius 1 is 0.833 bits per heavy atom. The van der Waals surface area contributed by atoms with Crippen LogP contribution in [-0.2, 0) is 24.2 Å². The van der Waals surface area contributed by atoms with Gasteiger partial charge in [-0.3, -0.25) is 9.59 Å². The van der Waals surface area contributed by atoms with Crippen LogP contribution in [0.25, 0.3) is 11.0 Å². The predicted octanol–water partition coefficient (Wildman–Crippen LogP) is 3.82. The Balaban J connectivity index is 1.46. The lowest BCUT2D eigenvalue weighted by atomic mass is 10.1. The zero-order valence-corrected chi connectivity index (χ0v) is 16.6. The van der Waals surface area contributed by atoms with Gasteiger partial charge in [-0.1, -0.05) is 72.8 Å². The van der Waals surface area contributed by atoms with E-state index in [1.165, 1.54) is 0 Å². The van der Waals surface area contributed by atoms with Gasteiger partial charge in [0.05, 0.1) is 24.0 Å². The van der Waals surface area contributed by atoms with Crippen LogP contribution >= 0.6 is 0 Å². The highest BCUT2D eigenvalue weighted by molar-refractivity contribution is 5.96. The number of nitrogens with zero attached hydrogens (tertiary/aromatic N) is 2. The third kappa shape index (κ3) is 4.63. The molecular weight excluding hydrogens is 374 g/mol. The number of Topliss-reactive ketones (excluding diaryl/α,β-unsaturated/α-hetero) is 1. The van der Waals surface area contributed by atoms with E-state index in [4.69, 9.17) is 4.98 Å². The summed E-state index contributed by atoms with van der Waals surface area (Å²) in [6, 6.07) is 26.7. The van der Waals surface area contributed by atoms with E-state index in [0.29, 0.717) is 24.9 Å². The molecule has 1 N–H and O–H groups in total. The number of fused-ring (bicyclic) bond motifs is 1. The number of imidazole rings is 1. The molecule has 150 valence electrons. The molecule has 3 aromatic carbocycles. The second-order valence-corrected chi connectivity index (χ2v) is 7.15. The summed E-state index contributed by atoms with van der Waals surface area (Å²) in [6.45, 7) is 0.687. The van der Waals surface area contributed by atoms with Gasteiger partial charge in [-0.15, -0.1) is 0 Å². The fraction of sp³-hybridized carbons (Fsp3) is 0.160. The lowest BCUT2D eigenvalue weighted by molar-refractivity contribution is -0.120. The number of carbonyl (C=O) groups is 2. The third-order valence-electron chi connectivity index (χ3n) is 5.01. The second-order valence-electron chi connectivity index (χ2n) is 7.15. The highest BCUT2D eigenvalue weighted by Crippen LogP contribution is 2.17. The van der Waals surface area contributed by atoms with Crippen molar-refractivity contribution in [3.8, 4) is 0 Å². The first-order chi connectivity index (χ1) is 14.7. The van der Waals surface area contributed by atoms with Crippen LogP contribution in [0.1, 0.15) is 21.7 Å². The van der Waals surface area contributed by atoms with E-state index in [0.717, 1.165) is 22.4 Å². The van der Waals surface area contributed by atoms with E-state index in [1.54, 1.807) is 0 Å². The lowest BCUT2D eigenvalue weighted by Crippen LogP contribution is -2.28. The SMILES string of the molecule is O=C(Cc1ccccc1)NCCc1nc2ccccc2n1CC(=O)c1ccccc1. The zero-order chi connectivity index (χ0) is 20.8. The summed E-state index contributed by atoms with van der Waals surface area (Å²) >= 11 is 0. The van der Waals surface area contributed by atoms with Gasteiger partial charge in [0.15, 0.2) is 5.78 Å². The third-order valence-corrected chi connectivity index (χ3v) is 5.01. The number of hydrogen-bond acceptors (Lipinski definition) is 3. The second kappa shape index (κ2) is 9.18. The van der Waals surface area contributed by atoms with Gasteiger partial charge in [-0.05, 0) is 17.7 Å². The molecule has 0 fully saturated rings. The highest BCUT2D eigenvalue weighted by atomic mass is 16.1. The van der Waals surface area contributed by atoms with Gasteiger partial charge < -0.3 is 9.88 Å². The number of aromatic nitrogens is 2. The smallest absolute Gasteiger partial charge is 0.224 e. The molecule has 1 amide bonds. The maximum Gasteiger partial charge on any atom is 0.224 e. The fourth-order valence-corrected chi connectivity index (χ4v) is 3.51. The van der Waals surface area contributed by atoms with Crippen molar-refractivity contribution in [2.45, 2.75) is 19.4 Å². The predicted molar refractivity (Wildman–Crippen MR) is 117 cm³/mol. The van der Waals surface area contributed by atoms with E-state index in [-0.39, 0.29) is 18.2 Å². The van der Waals surface area contributed by atoms with Crippen molar-refractivity contribution < 1.29 is 9.59 Å². The topological polar surface area (TPSA) is 64.0 Å². The van der Waals surface area contributed by atoms with Crippen LogP contribution < -0.4 is 5.32 Å². The van der Waals surface area contributed by atoms with Crippen molar-refractivity contribution in [2.24, 2.45) is 0 Å². The van der Waals surface area contributed by atoms with Crippen LogP contribution in [0.5, 0.6) is 0 Å². The number of hydrogen-bond donors (Lipinski definition) is 1. The van der Waals surface area contributed by atoms with Gasteiger partial charge in [0.1, 0.15) is 5.82 Å². The largest absolute Gasteiger partial charge is 0.355 e. The number of ketones is 1. The molecule has 0 unspecified atom stereocenters. The van der Waals surface area contributed by atoms with Crippen LogP contribution in [0.15, 0.2) is 84.9 Å². The average molecular weight is 397 g/mol. The standard InChI is InChI=1S/C25H23N3O2/c29-23(20-11-5-2-6-12-20)18-28-22-14-8-7-13-21(22)27-24(28)15-16-26-25(30)17-19-9-3-1-4-10-19/h1-14H,15-18H2,(H,26,30). The fourth-order valence-electron chi connectivity index (χ4n) is 3.51. The van der Waals surface area contributed by atoms with E-state index >= 15 is 0 Å². The highest BCUT2D eigenvalue weighted by Gasteiger charge is 2.15. The van der Waals surface area contributed by atoms with Crippen LogP contribution in [0.3, 0.4) is 0 Å². The number of carbonyl (C=O) groups excluding carboxylic acids is 2. The first kappa shape index (κ1) is 19.6. The van der Waals surface area contributed by atoms with E-state index in [2.05, 4.69) is 5.32 Å². The lowest BCUT2D eigenvalue weighted by Gasteiger charge is -2.10. The molecule has 1 aromatic heterocycles. The molecular formula is C25H23N3O2. The minimum absolute atomic E-state index is 0.0239. The van der Waals surface area contributed by atoms with Crippen molar-refractivity contribution in [2.75, 3.05) is 6.54 Å². The quantitative estimate of drug-likeness (QED) is 0.460. The molecule has 0 aliphatic rings. The molecule has 0 saturated carbocycles. The summed E-state index contributed by atoms with van der Waals surface area (Å²) < 4.78 is 1.95. The summed E-state index contributed by atoms with van der Waals surface area (Å²) in [6.07, 6.45) is 0.904. The summed E-state index contributed by atoms with van der Waals surface area (Å²) in [5.41, 5.74) is 3.43. The van der Waals surface area contributed by atoms with Crippen molar-refractivity contribution in [1.82, 2.24) is 14.9 Å². The Labute approximate surface area is 175 Å². The van der Waals surface area contributed by atoms with Crippen molar-refractivity contribution in [3.63, 3.8) is 0 Å². The van der Waals surface area contributed by atoms with Crippen molar-refractivity contribution in [1.29, 1.82) is 0 Å². The molecule has 5 heteroatoms. The summed E-state index contributed by atoms with van der Waals surface area (Å²) in [7, 11) is 0. The maximum absolute atomic E-state index is 12.8. The molecule has 0 aliphatic heterocycles. The molecule has 0 aliphatic carbocycles. The molecule has 0 atom stereocenters. The Hall–Kier alpha value is -3.73. The Kier molecular flexibility index (Phi) is 5.99. The number of nitrogens with one attached hydrogen (secondary N) is 1. The summed E-state index contributed by atoms with van der Waals surface area (Å²) in [4.78, 5) is 29.7. The molecule has 4 aromatic rings. The van der Waals surface area contributed by atoms with Crippen LogP contribution in [-0.4, -0.2) is 27.8 Å². The zero-order valence-electron chi connectivity index (χ0n) is 16.6. The first-order valence-electron chi connectivity index (χ1n) is 10.0. The monoisotopic (exact) mass is 397 g/mol. The summed E-state index contributed by atoms with van der Waals surface area (Å²) in [5, 5.41) is 2.96. The molecule has 5 nitrogen and oxygen atoms in total. The van der Waals surface area contributed by atoms with Crippen LogP contribution in [0.2, 0.25) is 0 Å². The van der Waals surface area contributed by atoms with Crippen LogP contribution in [0, 0.1) is 0 Å². The Bertz CT molecular complexity index is 1150. The number of para-hydroxylation sites is 2. The summed E-state index contributed by atoms with van der Waals surface area (Å²) in [5.74, 6) is 0.804. The molecule has 0 saturated heterocycles. The van der Waals surface area contributed by atoms with Gasteiger partial charge in [0.2, 0.25) is 5.91 Å². The molecule has 0 spiro atoms. The Morgan fingerprint density at radius 3 is 2.27 bits per heavy atom. The molecule has 30 heavy (non-hydrogen) atoms. The van der Waals surface area contributed by atoms with Crippen molar-refractivity contribution in [3.05, 3.63) is 102 Å². The normalized spacial score (nSPS) is 10.8. The van der Waals surface area contributed by atoms with Crippen LogP contribution in [0.4, 0.5) is 0 Å². The molecule has 1 heterocycles. The van der Waals surface area contributed by atoms with Gasteiger partial charge in [-0.2, -0.15) is 0 Å². The van der Waals surface area contributed by atoms with E-state index < -0.39 is 0 Å². The molecule has 0 bridgehead atoms. The van der Waals surface area contributed by atoms with E-state index in [9.17, 15) is 9.59 Å². The first-order valence-corrected chi connectivity index (χ1v) is 10.0. The number of rotatable bonds is 8. The van der Waals surface area contributed by atoms with Gasteiger partial charge in [-0.25, -0.2) is 4.98 Å². The maximum atomic E-state index is 12.8. The van der Waals surface area contributed by atoms with E-state index in [1.807, 2.05) is 89.5 Å². The Morgan fingerprint density at radius 2 is 1.50 bits per heavy atom. The van der Waals surface area contributed by atoms with Gasteiger partial charge >= 0.3 is 0 Å². The average Bonchev–Trinajstić information content (AvgIpc) is 3.12. The molecule has 0 radical (unpaired) electrons. The minimum Gasteiger partial charge on any atom is -0.355 e. The number of benzene rings is 3. The molecule has 4 rings (SSSR count).